The highest BCUT2D eigenvalue weighted by Gasteiger charge is 2.09. The Kier molecular flexibility index (Phi) is 6.25. The summed E-state index contributed by atoms with van der Waals surface area (Å²) in [7, 11) is 0. The first-order chi connectivity index (χ1) is 12.6. The van der Waals surface area contributed by atoms with Gasteiger partial charge in [-0.1, -0.05) is 34.1 Å². The maximum absolute atomic E-state index is 11.9. The van der Waals surface area contributed by atoms with Gasteiger partial charge in [0.1, 0.15) is 11.5 Å². The van der Waals surface area contributed by atoms with Crippen LogP contribution in [0.5, 0.6) is 0 Å². The van der Waals surface area contributed by atoms with E-state index >= 15 is 0 Å². The topological polar surface area (TPSA) is 71.3 Å². The summed E-state index contributed by atoms with van der Waals surface area (Å²) in [6.07, 6.45) is 0.220. The van der Waals surface area contributed by atoms with E-state index in [1.807, 2.05) is 47.8 Å². The molecule has 1 aromatic carbocycles. The van der Waals surface area contributed by atoms with Gasteiger partial charge in [0.05, 0.1) is 11.4 Å². The number of hydrogen-bond acceptors (Lipinski definition) is 4. The molecule has 2 heterocycles. The highest BCUT2D eigenvalue weighted by atomic mass is 79.9. The van der Waals surface area contributed by atoms with Gasteiger partial charge in [0.25, 0.3) is 5.91 Å². The van der Waals surface area contributed by atoms with E-state index in [1.54, 1.807) is 6.07 Å². The van der Waals surface area contributed by atoms with Crippen LogP contribution in [0, 0.1) is 0 Å². The normalized spacial score (nSPS) is 10.5. The molecular formula is C19H17BrN2O3S. The van der Waals surface area contributed by atoms with Crippen LogP contribution in [-0.4, -0.2) is 18.4 Å². The first kappa shape index (κ1) is 18.4. The molecule has 0 bridgehead atoms. The van der Waals surface area contributed by atoms with Crippen molar-refractivity contribution in [3.8, 4) is 11.3 Å². The van der Waals surface area contributed by atoms with Gasteiger partial charge in [-0.2, -0.15) is 0 Å². The molecule has 2 aromatic heterocycles. The van der Waals surface area contributed by atoms with Crippen LogP contribution >= 0.6 is 27.3 Å². The lowest BCUT2D eigenvalue weighted by Crippen LogP contribution is -2.30. The van der Waals surface area contributed by atoms with Crippen molar-refractivity contribution in [2.45, 2.75) is 13.0 Å². The predicted octanol–water partition coefficient (Wildman–Crippen LogP) is 4.21. The minimum atomic E-state index is -0.155. The molecule has 26 heavy (non-hydrogen) atoms. The van der Waals surface area contributed by atoms with Crippen molar-refractivity contribution < 1.29 is 14.0 Å². The van der Waals surface area contributed by atoms with Gasteiger partial charge in [-0.3, -0.25) is 9.59 Å². The van der Waals surface area contributed by atoms with E-state index in [0.29, 0.717) is 23.7 Å². The molecule has 0 aliphatic rings. The fraction of sp³-hybridized carbons (Fsp3) is 0.158. The van der Waals surface area contributed by atoms with Crippen molar-refractivity contribution >= 4 is 39.1 Å². The number of thiophene rings is 1. The van der Waals surface area contributed by atoms with E-state index in [4.69, 9.17) is 4.42 Å². The number of benzene rings is 1. The average Bonchev–Trinajstić information content (AvgIpc) is 3.32. The molecule has 0 saturated carbocycles. The summed E-state index contributed by atoms with van der Waals surface area (Å²) >= 11 is 4.77. The highest BCUT2D eigenvalue weighted by Crippen LogP contribution is 2.23. The van der Waals surface area contributed by atoms with Gasteiger partial charge in [0.2, 0.25) is 5.91 Å². The minimum Gasteiger partial charge on any atom is -0.459 e. The maximum Gasteiger partial charge on any atom is 0.261 e. The maximum atomic E-state index is 11.9. The molecular weight excluding hydrogens is 416 g/mol. The standard InChI is InChI=1S/C19H17BrN2O3S/c20-14-5-3-13(4-6-14)16-8-7-15(25-16)12-22-18(23)9-10-21-19(24)17-2-1-11-26-17/h1-8,11H,9-10,12H2,(H,21,24)(H,22,23). The van der Waals surface area contributed by atoms with Gasteiger partial charge >= 0.3 is 0 Å². The molecule has 3 aromatic rings. The fourth-order valence-corrected chi connectivity index (χ4v) is 3.21. The zero-order valence-electron chi connectivity index (χ0n) is 13.8. The number of nitrogens with one attached hydrogen (secondary N) is 2. The zero-order valence-corrected chi connectivity index (χ0v) is 16.2. The molecule has 0 aliphatic heterocycles. The van der Waals surface area contributed by atoms with E-state index in [-0.39, 0.29) is 18.2 Å². The highest BCUT2D eigenvalue weighted by molar-refractivity contribution is 9.10. The van der Waals surface area contributed by atoms with Gasteiger partial charge in [0.15, 0.2) is 0 Å². The summed E-state index contributed by atoms with van der Waals surface area (Å²) in [5, 5.41) is 7.36. The summed E-state index contributed by atoms with van der Waals surface area (Å²) < 4.78 is 6.76. The molecule has 0 radical (unpaired) electrons. The monoisotopic (exact) mass is 432 g/mol. The van der Waals surface area contributed by atoms with Crippen molar-refractivity contribution in [1.29, 1.82) is 0 Å². The van der Waals surface area contributed by atoms with E-state index in [1.165, 1.54) is 11.3 Å². The number of halogens is 1. The van der Waals surface area contributed by atoms with Crippen molar-refractivity contribution in [2.24, 2.45) is 0 Å². The minimum absolute atomic E-state index is 0.141. The van der Waals surface area contributed by atoms with Crippen LogP contribution in [0.3, 0.4) is 0 Å². The smallest absolute Gasteiger partial charge is 0.261 e. The second-order valence-corrected chi connectivity index (χ2v) is 7.40. The Hall–Kier alpha value is -2.38. The number of carbonyl (C=O) groups is 2. The summed E-state index contributed by atoms with van der Waals surface area (Å²) in [6, 6.07) is 15.1. The molecule has 5 nitrogen and oxygen atoms in total. The largest absolute Gasteiger partial charge is 0.459 e. The van der Waals surface area contributed by atoms with Crippen molar-refractivity contribution in [1.82, 2.24) is 10.6 Å². The number of carbonyl (C=O) groups excluding carboxylic acids is 2. The van der Waals surface area contributed by atoms with Crippen LogP contribution in [0.1, 0.15) is 21.9 Å². The van der Waals surface area contributed by atoms with Crippen molar-refractivity contribution in [3.63, 3.8) is 0 Å². The van der Waals surface area contributed by atoms with Gasteiger partial charge in [-0.15, -0.1) is 11.3 Å². The summed E-state index contributed by atoms with van der Waals surface area (Å²) in [5.74, 6) is 1.14. The molecule has 0 fully saturated rings. The third kappa shape index (κ3) is 5.06. The molecule has 3 rings (SSSR count). The Morgan fingerprint density at radius 1 is 1.04 bits per heavy atom. The Labute approximate surface area is 163 Å². The van der Waals surface area contributed by atoms with Crippen LogP contribution in [-0.2, 0) is 11.3 Å². The lowest BCUT2D eigenvalue weighted by atomic mass is 10.2. The third-order valence-electron chi connectivity index (χ3n) is 3.63. The molecule has 0 atom stereocenters. The number of rotatable bonds is 7. The second kappa shape index (κ2) is 8.82. The molecule has 0 saturated heterocycles. The van der Waals surface area contributed by atoms with Crippen LogP contribution in [0.25, 0.3) is 11.3 Å². The molecule has 0 aliphatic carbocycles. The first-order valence-corrected chi connectivity index (χ1v) is 9.72. The number of furan rings is 1. The average molecular weight is 433 g/mol. The molecule has 2 N–H and O–H groups in total. The van der Waals surface area contributed by atoms with E-state index in [9.17, 15) is 9.59 Å². The van der Waals surface area contributed by atoms with Gasteiger partial charge in [-0.25, -0.2) is 0 Å². The molecule has 0 unspecified atom stereocenters. The van der Waals surface area contributed by atoms with E-state index < -0.39 is 0 Å². The van der Waals surface area contributed by atoms with E-state index in [2.05, 4.69) is 26.6 Å². The molecule has 134 valence electrons. The quantitative estimate of drug-likeness (QED) is 0.587. The molecule has 7 heteroatoms. The Morgan fingerprint density at radius 3 is 2.58 bits per heavy atom. The van der Waals surface area contributed by atoms with Gasteiger partial charge in [0, 0.05) is 23.0 Å². The second-order valence-electron chi connectivity index (χ2n) is 5.53. The van der Waals surface area contributed by atoms with Gasteiger partial charge in [-0.05, 0) is 35.7 Å². The molecule has 0 spiro atoms. The summed E-state index contributed by atoms with van der Waals surface area (Å²) in [5.41, 5.74) is 0.974. The van der Waals surface area contributed by atoms with Crippen LogP contribution in [0.2, 0.25) is 0 Å². The van der Waals surface area contributed by atoms with Crippen LogP contribution in [0.15, 0.2) is 62.8 Å². The van der Waals surface area contributed by atoms with Crippen LogP contribution in [0.4, 0.5) is 0 Å². The predicted molar refractivity (Wildman–Crippen MR) is 105 cm³/mol. The zero-order chi connectivity index (χ0) is 18.4. The van der Waals surface area contributed by atoms with Crippen LogP contribution < -0.4 is 10.6 Å². The number of amides is 2. The summed E-state index contributed by atoms with van der Waals surface area (Å²) in [6.45, 7) is 0.610. The summed E-state index contributed by atoms with van der Waals surface area (Å²) in [4.78, 5) is 24.3. The first-order valence-electron chi connectivity index (χ1n) is 8.05. The lowest BCUT2D eigenvalue weighted by molar-refractivity contribution is -0.121. The lowest BCUT2D eigenvalue weighted by Gasteiger charge is -2.05. The van der Waals surface area contributed by atoms with Crippen molar-refractivity contribution in [3.05, 3.63) is 69.0 Å². The molecule has 2 amide bonds. The SMILES string of the molecule is O=C(CCNC(=O)c1cccs1)NCc1ccc(-c2ccc(Br)cc2)o1. The third-order valence-corrected chi connectivity index (χ3v) is 5.03. The Morgan fingerprint density at radius 2 is 1.85 bits per heavy atom. The fourth-order valence-electron chi connectivity index (χ4n) is 2.30. The number of hydrogen-bond donors (Lipinski definition) is 2. The van der Waals surface area contributed by atoms with E-state index in [0.717, 1.165) is 15.8 Å². The Bertz CT molecular complexity index is 873. The Balaban J connectivity index is 1.42. The van der Waals surface area contributed by atoms with Crippen molar-refractivity contribution in [2.75, 3.05) is 6.54 Å². The van der Waals surface area contributed by atoms with Gasteiger partial charge < -0.3 is 15.1 Å².